The van der Waals surface area contributed by atoms with Crippen LogP contribution in [0.1, 0.15) is 17.5 Å². The molecule has 0 radical (unpaired) electrons. The molecule has 1 nitrogen and oxygen atoms in total. The molecule has 0 aliphatic heterocycles. The molecule has 0 N–H and O–H groups in total. The lowest BCUT2D eigenvalue weighted by atomic mass is 10.1. The molecule has 0 unspecified atom stereocenters. The lowest BCUT2D eigenvalue weighted by Crippen LogP contribution is -1.84. The first-order chi connectivity index (χ1) is 6.77. The lowest BCUT2D eigenvalue weighted by Gasteiger charge is -1.93. The van der Waals surface area contributed by atoms with Crippen LogP contribution in [0.2, 0.25) is 0 Å². The Labute approximate surface area is 87.1 Å². The quantitative estimate of drug-likeness (QED) is 0.513. The van der Waals surface area contributed by atoms with Crippen molar-refractivity contribution in [3.05, 3.63) is 35.1 Å². The van der Waals surface area contributed by atoms with Crippen LogP contribution < -0.4 is 0 Å². The minimum atomic E-state index is -0.537. The summed E-state index contributed by atoms with van der Waals surface area (Å²) in [5, 5.41) is 8.48. The van der Waals surface area contributed by atoms with Gasteiger partial charge in [0.1, 0.15) is 11.9 Å². The predicted molar refractivity (Wildman–Crippen MR) is 53.3 cm³/mol. The van der Waals surface area contributed by atoms with Crippen LogP contribution in [0.5, 0.6) is 0 Å². The van der Waals surface area contributed by atoms with E-state index in [2.05, 4.69) is 11.8 Å². The number of rotatable bonds is 1. The Bertz CT molecular complexity index is 423. The Morgan fingerprint density at radius 2 is 2.21 bits per heavy atom. The molecule has 0 aliphatic rings. The van der Waals surface area contributed by atoms with Gasteiger partial charge in [-0.15, -0.1) is 11.6 Å². The van der Waals surface area contributed by atoms with E-state index < -0.39 is 5.82 Å². The maximum Gasteiger partial charge on any atom is 0.142 e. The van der Waals surface area contributed by atoms with Crippen LogP contribution in [0, 0.1) is 29.0 Å². The largest absolute Gasteiger partial charge is 0.206 e. The molecule has 70 valence electrons. The van der Waals surface area contributed by atoms with Crippen molar-refractivity contribution in [1.29, 1.82) is 5.26 Å². The molecule has 0 heterocycles. The monoisotopic (exact) mass is 207 g/mol. The van der Waals surface area contributed by atoms with Gasteiger partial charge in [0.15, 0.2) is 0 Å². The van der Waals surface area contributed by atoms with Gasteiger partial charge in [0.05, 0.1) is 5.56 Å². The van der Waals surface area contributed by atoms with Crippen LogP contribution in [0.15, 0.2) is 18.2 Å². The summed E-state index contributed by atoms with van der Waals surface area (Å²) in [6.45, 7) is 0. The third kappa shape index (κ3) is 2.76. The summed E-state index contributed by atoms with van der Waals surface area (Å²) < 4.78 is 13.0. The Balaban J connectivity index is 2.89. The molecule has 0 aliphatic carbocycles. The fraction of sp³-hybridized carbons (Fsp3) is 0.182. The van der Waals surface area contributed by atoms with Crippen molar-refractivity contribution in [3.63, 3.8) is 0 Å². The van der Waals surface area contributed by atoms with Crippen molar-refractivity contribution < 1.29 is 4.39 Å². The van der Waals surface area contributed by atoms with Crippen LogP contribution in [0.25, 0.3) is 0 Å². The minimum Gasteiger partial charge on any atom is -0.206 e. The Kier molecular flexibility index (Phi) is 3.98. The first-order valence-corrected chi connectivity index (χ1v) is 4.56. The highest BCUT2D eigenvalue weighted by atomic mass is 35.5. The van der Waals surface area contributed by atoms with Gasteiger partial charge in [-0.25, -0.2) is 4.39 Å². The van der Waals surface area contributed by atoms with E-state index in [0.29, 0.717) is 17.9 Å². The molecule has 3 heteroatoms. The van der Waals surface area contributed by atoms with E-state index in [1.165, 1.54) is 12.1 Å². The van der Waals surface area contributed by atoms with E-state index in [4.69, 9.17) is 16.9 Å². The van der Waals surface area contributed by atoms with E-state index in [-0.39, 0.29) is 5.56 Å². The van der Waals surface area contributed by atoms with Crippen LogP contribution in [-0.4, -0.2) is 5.88 Å². The number of benzene rings is 1. The summed E-state index contributed by atoms with van der Waals surface area (Å²) in [7, 11) is 0. The second kappa shape index (κ2) is 5.27. The van der Waals surface area contributed by atoms with Gasteiger partial charge >= 0.3 is 0 Å². The second-order valence-corrected chi connectivity index (χ2v) is 2.93. The molecule has 0 atom stereocenters. The summed E-state index contributed by atoms with van der Waals surface area (Å²) >= 11 is 5.43. The zero-order valence-electron chi connectivity index (χ0n) is 7.35. The average Bonchev–Trinajstić information content (AvgIpc) is 2.18. The standard InChI is InChI=1S/C11H7ClFN/c12-6-2-1-3-9-4-5-10(8-14)11(13)7-9/h4-5,7H,2,6H2. The fourth-order valence-electron chi connectivity index (χ4n) is 0.895. The molecular weight excluding hydrogens is 201 g/mol. The molecule has 1 rings (SSSR count). The van der Waals surface area contributed by atoms with Crippen molar-refractivity contribution >= 4 is 11.6 Å². The van der Waals surface area contributed by atoms with Crippen molar-refractivity contribution in [1.82, 2.24) is 0 Å². The maximum absolute atomic E-state index is 13.0. The Hall–Kier alpha value is -1.51. The summed E-state index contributed by atoms with van der Waals surface area (Å²) in [5.41, 5.74) is 0.597. The maximum atomic E-state index is 13.0. The number of hydrogen-bond acceptors (Lipinski definition) is 1. The zero-order chi connectivity index (χ0) is 10.4. The molecule has 0 aromatic heterocycles. The van der Waals surface area contributed by atoms with Gasteiger partial charge < -0.3 is 0 Å². The number of halogens is 2. The molecule has 0 fully saturated rings. The topological polar surface area (TPSA) is 23.8 Å². The highest BCUT2D eigenvalue weighted by Crippen LogP contribution is 2.08. The van der Waals surface area contributed by atoms with E-state index in [9.17, 15) is 4.39 Å². The number of alkyl halides is 1. The van der Waals surface area contributed by atoms with E-state index >= 15 is 0 Å². The van der Waals surface area contributed by atoms with Crippen molar-refractivity contribution in [2.45, 2.75) is 6.42 Å². The summed E-state index contributed by atoms with van der Waals surface area (Å²) in [5.74, 6) is 5.47. The van der Waals surface area contributed by atoms with Crippen molar-refractivity contribution in [2.24, 2.45) is 0 Å². The molecule has 0 saturated heterocycles. The van der Waals surface area contributed by atoms with Crippen LogP contribution in [0.3, 0.4) is 0 Å². The molecule has 14 heavy (non-hydrogen) atoms. The van der Waals surface area contributed by atoms with Gasteiger partial charge in [0.25, 0.3) is 0 Å². The summed E-state index contributed by atoms with van der Waals surface area (Å²) in [6.07, 6.45) is 0.573. The third-order valence-corrected chi connectivity index (χ3v) is 1.73. The Morgan fingerprint density at radius 3 is 2.79 bits per heavy atom. The van der Waals surface area contributed by atoms with E-state index in [1.54, 1.807) is 12.1 Å². The van der Waals surface area contributed by atoms with E-state index in [0.717, 1.165) is 0 Å². The molecule has 1 aromatic rings. The minimum absolute atomic E-state index is 0.0351. The third-order valence-electron chi connectivity index (χ3n) is 1.54. The van der Waals surface area contributed by atoms with Crippen LogP contribution in [0.4, 0.5) is 4.39 Å². The molecular formula is C11H7ClFN. The first-order valence-electron chi connectivity index (χ1n) is 4.02. The molecule has 0 amide bonds. The van der Waals surface area contributed by atoms with Crippen LogP contribution in [-0.2, 0) is 0 Å². The van der Waals surface area contributed by atoms with E-state index in [1.807, 2.05) is 0 Å². The van der Waals surface area contributed by atoms with Gasteiger partial charge in [0.2, 0.25) is 0 Å². The normalized spacial score (nSPS) is 8.64. The van der Waals surface area contributed by atoms with Crippen LogP contribution >= 0.6 is 11.6 Å². The van der Waals surface area contributed by atoms with Gasteiger partial charge in [-0.2, -0.15) is 5.26 Å². The second-order valence-electron chi connectivity index (χ2n) is 2.55. The number of hydrogen-bond donors (Lipinski definition) is 0. The summed E-state index contributed by atoms with van der Waals surface area (Å²) in [6, 6.07) is 6.03. The average molecular weight is 208 g/mol. The molecule has 1 aromatic carbocycles. The molecule has 0 bridgehead atoms. The SMILES string of the molecule is N#Cc1ccc(C#CCCCl)cc1F. The smallest absolute Gasteiger partial charge is 0.142 e. The van der Waals surface area contributed by atoms with Gasteiger partial charge in [0, 0.05) is 17.9 Å². The zero-order valence-corrected chi connectivity index (χ0v) is 8.11. The highest BCUT2D eigenvalue weighted by Gasteiger charge is 1.99. The Morgan fingerprint density at radius 1 is 1.43 bits per heavy atom. The highest BCUT2D eigenvalue weighted by molar-refractivity contribution is 6.18. The van der Waals surface area contributed by atoms with Gasteiger partial charge in [-0.1, -0.05) is 11.8 Å². The van der Waals surface area contributed by atoms with Crippen molar-refractivity contribution in [2.75, 3.05) is 5.88 Å². The number of nitriles is 1. The van der Waals surface area contributed by atoms with Gasteiger partial charge in [-0.3, -0.25) is 0 Å². The predicted octanol–water partition coefficient (Wildman–Crippen LogP) is 2.68. The lowest BCUT2D eigenvalue weighted by molar-refractivity contribution is 0.623. The van der Waals surface area contributed by atoms with Crippen molar-refractivity contribution in [3.8, 4) is 17.9 Å². The number of nitrogens with zero attached hydrogens (tertiary/aromatic N) is 1. The fourth-order valence-corrected chi connectivity index (χ4v) is 0.990. The molecule has 0 spiro atoms. The van der Waals surface area contributed by atoms with Gasteiger partial charge in [-0.05, 0) is 18.2 Å². The first kappa shape index (κ1) is 10.6. The molecule has 0 saturated carbocycles. The summed E-state index contributed by atoms with van der Waals surface area (Å²) in [4.78, 5) is 0.